The number of aromatic nitrogens is 1. The maximum Gasteiger partial charge on any atom is 0.226 e. The molecule has 0 aliphatic carbocycles. The van der Waals surface area contributed by atoms with Gasteiger partial charge in [0.25, 0.3) is 0 Å². The van der Waals surface area contributed by atoms with Crippen LogP contribution in [0.25, 0.3) is 11.5 Å². The fraction of sp³-hybridized carbons (Fsp3) is 0.375. The first-order chi connectivity index (χ1) is 10.1. The number of hydrogen-bond donors (Lipinski definition) is 1. The van der Waals surface area contributed by atoms with Gasteiger partial charge in [0, 0.05) is 18.7 Å². The van der Waals surface area contributed by atoms with Crippen LogP contribution < -0.4 is 5.73 Å². The van der Waals surface area contributed by atoms with Crippen molar-refractivity contribution < 1.29 is 4.42 Å². The van der Waals surface area contributed by atoms with E-state index < -0.39 is 0 Å². The van der Waals surface area contributed by atoms with Crippen LogP contribution in [0.2, 0.25) is 0 Å². The van der Waals surface area contributed by atoms with E-state index in [0.29, 0.717) is 18.4 Å². The Kier molecular flexibility index (Phi) is 7.37. The molecular weight excluding hydrogens is 391 g/mol. The third-order valence-electron chi connectivity index (χ3n) is 3.34. The van der Waals surface area contributed by atoms with Gasteiger partial charge in [-0.3, -0.25) is 0 Å². The molecule has 2 rings (SSSR count). The maximum absolute atomic E-state index is 5.94. The average molecular weight is 414 g/mol. The number of rotatable bonds is 5. The fourth-order valence-corrected chi connectivity index (χ4v) is 2.02. The summed E-state index contributed by atoms with van der Waals surface area (Å²) in [6, 6.07) is 8.07. The van der Waals surface area contributed by atoms with Crippen LogP contribution in [0.4, 0.5) is 0 Å². The second-order valence-corrected chi connectivity index (χ2v) is 4.86. The number of benzene rings is 1. The molecule has 1 heterocycles. The van der Waals surface area contributed by atoms with Gasteiger partial charge in [-0.25, -0.2) is 9.98 Å². The maximum atomic E-state index is 5.94. The molecule has 0 saturated carbocycles. The number of halogens is 1. The van der Waals surface area contributed by atoms with E-state index in [9.17, 15) is 0 Å². The SMILES string of the molecule is CCN(CC)C(N)=NCc1coc(-c2ccc(C)cc2)n1.I. The minimum absolute atomic E-state index is 0. The molecule has 0 saturated heterocycles. The van der Waals surface area contributed by atoms with Crippen molar-refractivity contribution in [2.24, 2.45) is 10.7 Å². The topological polar surface area (TPSA) is 67.7 Å². The molecular formula is C16H23IN4O. The van der Waals surface area contributed by atoms with Gasteiger partial charge in [-0.1, -0.05) is 17.7 Å². The third-order valence-corrected chi connectivity index (χ3v) is 3.34. The molecule has 1 aromatic heterocycles. The van der Waals surface area contributed by atoms with E-state index in [1.807, 2.05) is 29.2 Å². The minimum atomic E-state index is 0. The molecule has 0 aliphatic rings. The third kappa shape index (κ3) is 4.72. The number of oxazole rings is 1. The normalized spacial score (nSPS) is 11.1. The number of aliphatic imine (C=N–C) groups is 1. The fourth-order valence-electron chi connectivity index (χ4n) is 2.02. The smallest absolute Gasteiger partial charge is 0.226 e. The monoisotopic (exact) mass is 414 g/mol. The van der Waals surface area contributed by atoms with Gasteiger partial charge in [0.05, 0.1) is 6.54 Å². The van der Waals surface area contributed by atoms with Crippen molar-refractivity contribution in [1.82, 2.24) is 9.88 Å². The zero-order valence-corrected chi connectivity index (χ0v) is 15.6. The predicted molar refractivity (Wildman–Crippen MR) is 100 cm³/mol. The molecule has 0 fully saturated rings. The second kappa shape index (κ2) is 8.77. The summed E-state index contributed by atoms with van der Waals surface area (Å²) in [5.74, 6) is 1.15. The Morgan fingerprint density at radius 3 is 2.45 bits per heavy atom. The molecule has 120 valence electrons. The highest BCUT2D eigenvalue weighted by Gasteiger charge is 2.07. The summed E-state index contributed by atoms with van der Waals surface area (Å²) in [6.07, 6.45) is 1.63. The lowest BCUT2D eigenvalue weighted by molar-refractivity contribution is 0.458. The summed E-state index contributed by atoms with van der Waals surface area (Å²) in [5, 5.41) is 0. The summed E-state index contributed by atoms with van der Waals surface area (Å²) >= 11 is 0. The van der Waals surface area contributed by atoms with E-state index in [4.69, 9.17) is 10.2 Å². The zero-order chi connectivity index (χ0) is 15.2. The van der Waals surface area contributed by atoms with Gasteiger partial charge in [0.2, 0.25) is 5.89 Å². The van der Waals surface area contributed by atoms with Crippen LogP contribution in [0.5, 0.6) is 0 Å². The first kappa shape index (κ1) is 18.5. The first-order valence-corrected chi connectivity index (χ1v) is 7.20. The van der Waals surface area contributed by atoms with Crippen LogP contribution in [0.1, 0.15) is 25.1 Å². The highest BCUT2D eigenvalue weighted by molar-refractivity contribution is 14.0. The molecule has 5 nitrogen and oxygen atoms in total. The van der Waals surface area contributed by atoms with Crippen LogP contribution in [-0.2, 0) is 6.54 Å². The Balaban J connectivity index is 0.00000242. The highest BCUT2D eigenvalue weighted by atomic mass is 127. The Labute approximate surface area is 148 Å². The lowest BCUT2D eigenvalue weighted by Crippen LogP contribution is -2.37. The van der Waals surface area contributed by atoms with Crippen molar-refractivity contribution >= 4 is 29.9 Å². The Morgan fingerprint density at radius 2 is 1.86 bits per heavy atom. The van der Waals surface area contributed by atoms with Crippen LogP contribution in [-0.4, -0.2) is 28.9 Å². The van der Waals surface area contributed by atoms with E-state index in [0.717, 1.165) is 24.3 Å². The molecule has 2 N–H and O–H groups in total. The minimum Gasteiger partial charge on any atom is -0.444 e. The second-order valence-electron chi connectivity index (χ2n) is 4.86. The van der Waals surface area contributed by atoms with Crippen LogP contribution >= 0.6 is 24.0 Å². The van der Waals surface area contributed by atoms with Crippen molar-refractivity contribution in [3.05, 3.63) is 41.8 Å². The molecule has 22 heavy (non-hydrogen) atoms. The predicted octanol–water partition coefficient (Wildman–Crippen LogP) is 3.42. The Bertz CT molecular complexity index is 603. The largest absolute Gasteiger partial charge is 0.444 e. The molecule has 0 amide bonds. The molecule has 0 aliphatic heterocycles. The number of aryl methyl sites for hydroxylation is 1. The highest BCUT2D eigenvalue weighted by Crippen LogP contribution is 2.19. The summed E-state index contributed by atoms with van der Waals surface area (Å²) in [6.45, 7) is 8.28. The van der Waals surface area contributed by atoms with E-state index in [1.165, 1.54) is 5.56 Å². The molecule has 1 aromatic carbocycles. The van der Waals surface area contributed by atoms with Crippen molar-refractivity contribution in [1.29, 1.82) is 0 Å². The van der Waals surface area contributed by atoms with Gasteiger partial charge in [0.15, 0.2) is 5.96 Å². The average Bonchev–Trinajstić information content (AvgIpc) is 2.96. The summed E-state index contributed by atoms with van der Waals surface area (Å²) < 4.78 is 5.50. The standard InChI is InChI=1S/C16H22N4O.HI/c1-4-20(5-2)16(17)18-10-14-11-21-15(19-14)13-8-6-12(3)7-9-13;/h6-9,11H,4-5,10H2,1-3H3,(H2,17,18);1H. The first-order valence-electron chi connectivity index (χ1n) is 7.20. The number of guanidine groups is 1. The van der Waals surface area contributed by atoms with Gasteiger partial charge in [0.1, 0.15) is 12.0 Å². The summed E-state index contributed by atoms with van der Waals surface area (Å²) in [5.41, 5.74) is 8.89. The zero-order valence-electron chi connectivity index (χ0n) is 13.2. The van der Waals surface area contributed by atoms with Crippen molar-refractivity contribution in [3.8, 4) is 11.5 Å². The molecule has 0 bridgehead atoms. The van der Waals surface area contributed by atoms with E-state index in [1.54, 1.807) is 6.26 Å². The van der Waals surface area contributed by atoms with Crippen molar-refractivity contribution in [2.45, 2.75) is 27.3 Å². The lowest BCUT2D eigenvalue weighted by Gasteiger charge is -2.18. The molecule has 0 unspecified atom stereocenters. The number of hydrogen-bond acceptors (Lipinski definition) is 3. The van der Waals surface area contributed by atoms with Crippen LogP contribution in [0.3, 0.4) is 0 Å². The lowest BCUT2D eigenvalue weighted by atomic mass is 10.1. The van der Waals surface area contributed by atoms with Gasteiger partial charge in [-0.05, 0) is 32.9 Å². The summed E-state index contributed by atoms with van der Waals surface area (Å²) in [7, 11) is 0. The van der Waals surface area contributed by atoms with E-state index >= 15 is 0 Å². The molecule has 6 heteroatoms. The number of nitrogens with zero attached hydrogens (tertiary/aromatic N) is 3. The van der Waals surface area contributed by atoms with Gasteiger partial charge in [-0.15, -0.1) is 24.0 Å². The molecule has 2 aromatic rings. The van der Waals surface area contributed by atoms with Gasteiger partial charge < -0.3 is 15.1 Å². The number of nitrogens with two attached hydrogens (primary N) is 1. The molecule has 0 spiro atoms. The van der Waals surface area contributed by atoms with Gasteiger partial charge in [-0.2, -0.15) is 0 Å². The Hall–Kier alpha value is -1.57. The quantitative estimate of drug-likeness (QED) is 0.463. The van der Waals surface area contributed by atoms with Crippen molar-refractivity contribution in [3.63, 3.8) is 0 Å². The van der Waals surface area contributed by atoms with Crippen molar-refractivity contribution in [2.75, 3.05) is 13.1 Å². The van der Waals surface area contributed by atoms with Crippen LogP contribution in [0, 0.1) is 6.92 Å². The van der Waals surface area contributed by atoms with Gasteiger partial charge >= 0.3 is 0 Å². The Morgan fingerprint density at radius 1 is 1.23 bits per heavy atom. The molecule has 0 radical (unpaired) electrons. The van der Waals surface area contributed by atoms with E-state index in [-0.39, 0.29) is 24.0 Å². The van der Waals surface area contributed by atoms with E-state index in [2.05, 4.69) is 30.7 Å². The molecule has 0 atom stereocenters. The van der Waals surface area contributed by atoms with Crippen LogP contribution in [0.15, 0.2) is 39.9 Å². The summed E-state index contributed by atoms with van der Waals surface area (Å²) in [4.78, 5) is 10.8.